The highest BCUT2D eigenvalue weighted by atomic mass is 28.3. The van der Waals surface area contributed by atoms with Gasteiger partial charge < -0.3 is 0 Å². The molecule has 0 saturated carbocycles. The fourth-order valence-corrected chi connectivity index (χ4v) is 1.71. The third-order valence-corrected chi connectivity index (χ3v) is 4.23. The average Bonchev–Trinajstić information content (AvgIpc) is 1.86. The van der Waals surface area contributed by atoms with Crippen molar-refractivity contribution >= 4 is 8.07 Å². The molecule has 0 amide bonds. The fraction of sp³-hybridized carbons (Fsp3) is 0.600. The van der Waals surface area contributed by atoms with Crippen molar-refractivity contribution in [3.8, 4) is 12.3 Å². The lowest BCUT2D eigenvalue weighted by atomic mass is 10.2. The van der Waals surface area contributed by atoms with Crippen LogP contribution >= 0.6 is 0 Å². The van der Waals surface area contributed by atoms with Crippen LogP contribution in [0.15, 0.2) is 11.8 Å². The van der Waals surface area contributed by atoms with Crippen LogP contribution in [0.3, 0.4) is 0 Å². The Hall–Kier alpha value is -0.483. The number of unbranched alkanes of at least 4 members (excludes halogenated alkanes) is 1. The molecule has 0 heterocycles. The Morgan fingerprint density at radius 2 is 2.00 bits per heavy atom. The van der Waals surface area contributed by atoms with E-state index < -0.39 is 8.07 Å². The summed E-state index contributed by atoms with van der Waals surface area (Å²) in [7, 11) is -1.07. The lowest BCUT2D eigenvalue weighted by molar-refractivity contribution is 0.871. The predicted octanol–water partition coefficient (Wildman–Crippen LogP) is 3.22. The van der Waals surface area contributed by atoms with Gasteiger partial charge in [-0.1, -0.05) is 24.8 Å². The van der Waals surface area contributed by atoms with Gasteiger partial charge in [0.25, 0.3) is 0 Å². The molecule has 0 spiro atoms. The van der Waals surface area contributed by atoms with Gasteiger partial charge in [-0.15, -0.1) is 18.9 Å². The van der Waals surface area contributed by atoms with E-state index in [1.54, 1.807) is 0 Å². The maximum Gasteiger partial charge on any atom is 0.0716 e. The zero-order valence-electron chi connectivity index (χ0n) is 7.91. The first-order valence-electron chi connectivity index (χ1n) is 4.10. The summed E-state index contributed by atoms with van der Waals surface area (Å²) in [4.78, 5) is 0. The molecule has 0 saturated heterocycles. The van der Waals surface area contributed by atoms with Crippen LogP contribution in [0.4, 0.5) is 0 Å². The monoisotopic (exact) mass is 166 g/mol. The number of hydrogen-bond acceptors (Lipinski definition) is 0. The standard InChI is InChI=1S/C10H18Si/c1-6-7-8-9-10(2)11(3,4)5/h1H,2,7-9H2,3-5H3. The van der Waals surface area contributed by atoms with Gasteiger partial charge in [0.2, 0.25) is 0 Å². The summed E-state index contributed by atoms with van der Waals surface area (Å²) in [5.41, 5.74) is 0. The van der Waals surface area contributed by atoms with Gasteiger partial charge in [-0.3, -0.25) is 0 Å². The molecular weight excluding hydrogens is 148 g/mol. The molecule has 62 valence electrons. The molecule has 0 aromatic rings. The maximum absolute atomic E-state index is 5.16. The van der Waals surface area contributed by atoms with Crippen LogP contribution in [0.1, 0.15) is 19.3 Å². The van der Waals surface area contributed by atoms with E-state index in [1.165, 1.54) is 5.20 Å². The van der Waals surface area contributed by atoms with Crippen molar-refractivity contribution in [1.82, 2.24) is 0 Å². The summed E-state index contributed by atoms with van der Waals surface area (Å²) in [5, 5.41) is 1.44. The van der Waals surface area contributed by atoms with Crippen molar-refractivity contribution < 1.29 is 0 Å². The van der Waals surface area contributed by atoms with Crippen molar-refractivity contribution in [2.75, 3.05) is 0 Å². The van der Waals surface area contributed by atoms with Gasteiger partial charge >= 0.3 is 0 Å². The minimum absolute atomic E-state index is 0.892. The molecule has 0 aromatic carbocycles. The highest BCUT2D eigenvalue weighted by molar-refractivity contribution is 6.82. The Labute approximate surface area is 71.7 Å². The molecule has 0 atom stereocenters. The molecule has 11 heavy (non-hydrogen) atoms. The Bertz CT molecular complexity index is 166. The molecule has 0 nitrogen and oxygen atoms in total. The first-order valence-corrected chi connectivity index (χ1v) is 7.60. The zero-order chi connectivity index (χ0) is 8.91. The SMILES string of the molecule is C#CCCCC(=C)[Si](C)(C)C. The Morgan fingerprint density at radius 3 is 2.36 bits per heavy atom. The predicted molar refractivity (Wildman–Crippen MR) is 55.2 cm³/mol. The molecule has 0 aliphatic carbocycles. The lowest BCUT2D eigenvalue weighted by Crippen LogP contribution is -2.22. The van der Waals surface area contributed by atoms with E-state index in [1.807, 2.05) is 0 Å². The van der Waals surface area contributed by atoms with Crippen LogP contribution in [-0.4, -0.2) is 8.07 Å². The normalized spacial score (nSPS) is 10.7. The number of rotatable bonds is 4. The van der Waals surface area contributed by atoms with Crippen LogP contribution in [0, 0.1) is 12.3 Å². The summed E-state index contributed by atoms with van der Waals surface area (Å²) < 4.78 is 0. The van der Waals surface area contributed by atoms with Crippen molar-refractivity contribution in [1.29, 1.82) is 0 Å². The summed E-state index contributed by atoms with van der Waals surface area (Å²) in [6.45, 7) is 11.1. The lowest BCUT2D eigenvalue weighted by Gasteiger charge is -2.18. The topological polar surface area (TPSA) is 0 Å². The van der Waals surface area contributed by atoms with E-state index in [-0.39, 0.29) is 0 Å². The van der Waals surface area contributed by atoms with Crippen LogP contribution in [0.5, 0.6) is 0 Å². The minimum atomic E-state index is -1.07. The molecule has 0 aromatic heterocycles. The molecule has 0 unspecified atom stereocenters. The summed E-state index contributed by atoms with van der Waals surface area (Å²) in [6.07, 6.45) is 8.28. The molecule has 0 bridgehead atoms. The molecule has 0 radical (unpaired) electrons. The number of hydrogen-bond donors (Lipinski definition) is 0. The van der Waals surface area contributed by atoms with E-state index in [9.17, 15) is 0 Å². The molecule has 1 heteroatoms. The Morgan fingerprint density at radius 1 is 1.45 bits per heavy atom. The third kappa shape index (κ3) is 4.86. The largest absolute Gasteiger partial charge is 0.120 e. The van der Waals surface area contributed by atoms with Crippen molar-refractivity contribution in [2.24, 2.45) is 0 Å². The Balaban J connectivity index is 3.64. The van der Waals surface area contributed by atoms with Crippen LogP contribution in [-0.2, 0) is 0 Å². The van der Waals surface area contributed by atoms with Crippen LogP contribution < -0.4 is 0 Å². The van der Waals surface area contributed by atoms with Crippen molar-refractivity contribution in [3.63, 3.8) is 0 Å². The first kappa shape index (κ1) is 10.5. The third-order valence-electron chi connectivity index (χ3n) is 1.86. The molecule has 0 aliphatic rings. The minimum Gasteiger partial charge on any atom is -0.120 e. The fourth-order valence-electron chi connectivity index (χ4n) is 0.779. The smallest absolute Gasteiger partial charge is 0.0716 e. The first-order chi connectivity index (χ1) is 4.98. The van der Waals surface area contributed by atoms with Gasteiger partial charge in [0.15, 0.2) is 0 Å². The molecule has 0 N–H and O–H groups in total. The highest BCUT2D eigenvalue weighted by Gasteiger charge is 2.16. The van der Waals surface area contributed by atoms with Gasteiger partial charge in [-0.05, 0) is 12.8 Å². The van der Waals surface area contributed by atoms with E-state index in [2.05, 4.69) is 32.1 Å². The maximum atomic E-state index is 5.16. The van der Waals surface area contributed by atoms with E-state index >= 15 is 0 Å². The van der Waals surface area contributed by atoms with Crippen LogP contribution in [0.25, 0.3) is 0 Å². The quantitative estimate of drug-likeness (QED) is 0.342. The zero-order valence-corrected chi connectivity index (χ0v) is 8.91. The van der Waals surface area contributed by atoms with Gasteiger partial charge in [0.05, 0.1) is 8.07 Å². The average molecular weight is 166 g/mol. The van der Waals surface area contributed by atoms with Gasteiger partial charge in [0.1, 0.15) is 0 Å². The second-order valence-corrected chi connectivity index (χ2v) is 9.12. The molecule has 0 aliphatic heterocycles. The summed E-state index contributed by atoms with van der Waals surface area (Å²) >= 11 is 0. The highest BCUT2D eigenvalue weighted by Crippen LogP contribution is 2.17. The van der Waals surface area contributed by atoms with Crippen molar-refractivity contribution in [3.05, 3.63) is 11.8 Å². The number of terminal acetylenes is 1. The van der Waals surface area contributed by atoms with Gasteiger partial charge in [0, 0.05) is 6.42 Å². The van der Waals surface area contributed by atoms with E-state index in [0.29, 0.717) is 0 Å². The van der Waals surface area contributed by atoms with Crippen LogP contribution in [0.2, 0.25) is 19.6 Å². The molecule has 0 fully saturated rings. The van der Waals surface area contributed by atoms with E-state index in [0.717, 1.165) is 19.3 Å². The Kier molecular flexibility index (Phi) is 4.21. The van der Waals surface area contributed by atoms with Crippen molar-refractivity contribution in [2.45, 2.75) is 38.9 Å². The molecular formula is C10H18Si. The summed E-state index contributed by atoms with van der Waals surface area (Å²) in [5.74, 6) is 2.65. The second-order valence-electron chi connectivity index (χ2n) is 3.91. The summed E-state index contributed by atoms with van der Waals surface area (Å²) in [6, 6.07) is 0. The van der Waals surface area contributed by atoms with Gasteiger partial charge in [-0.25, -0.2) is 0 Å². The van der Waals surface area contributed by atoms with Gasteiger partial charge in [-0.2, -0.15) is 0 Å². The number of allylic oxidation sites excluding steroid dienone is 1. The van der Waals surface area contributed by atoms with E-state index in [4.69, 9.17) is 6.42 Å². The molecule has 0 rings (SSSR count). The second kappa shape index (κ2) is 4.41.